The zero-order valence-electron chi connectivity index (χ0n) is 13.6. The molecule has 1 aromatic rings. The van der Waals surface area contributed by atoms with E-state index in [2.05, 4.69) is 5.32 Å². The molecule has 7 heteroatoms. The molecule has 0 aromatic heterocycles. The summed E-state index contributed by atoms with van der Waals surface area (Å²) in [7, 11) is 1.58. The van der Waals surface area contributed by atoms with Gasteiger partial charge in [0.1, 0.15) is 5.75 Å². The van der Waals surface area contributed by atoms with Crippen LogP contribution in [0.1, 0.15) is 19.4 Å². The van der Waals surface area contributed by atoms with Gasteiger partial charge in [-0.2, -0.15) is 0 Å². The van der Waals surface area contributed by atoms with Crippen molar-refractivity contribution in [3.63, 3.8) is 0 Å². The van der Waals surface area contributed by atoms with Crippen LogP contribution >= 0.6 is 0 Å². The van der Waals surface area contributed by atoms with Crippen molar-refractivity contribution in [2.24, 2.45) is 0 Å². The van der Waals surface area contributed by atoms with Gasteiger partial charge >= 0.3 is 5.97 Å². The number of ether oxygens (including phenoxy) is 3. The van der Waals surface area contributed by atoms with Gasteiger partial charge in [-0.1, -0.05) is 12.1 Å². The van der Waals surface area contributed by atoms with E-state index in [1.807, 2.05) is 12.1 Å². The van der Waals surface area contributed by atoms with Crippen molar-refractivity contribution in [1.29, 1.82) is 0 Å². The Morgan fingerprint density at radius 2 is 1.91 bits per heavy atom. The summed E-state index contributed by atoms with van der Waals surface area (Å²) in [5.41, 5.74) is 0.901. The molecular formula is C16H23NO6. The van der Waals surface area contributed by atoms with Gasteiger partial charge in [-0.05, 0) is 24.6 Å². The highest BCUT2D eigenvalue weighted by atomic mass is 16.5. The van der Waals surface area contributed by atoms with Crippen molar-refractivity contribution < 1.29 is 28.9 Å². The summed E-state index contributed by atoms with van der Waals surface area (Å²) >= 11 is 0. The number of methoxy groups -OCH3 is 1. The van der Waals surface area contributed by atoms with Gasteiger partial charge in [0.25, 0.3) is 0 Å². The number of benzene rings is 1. The normalized spacial score (nSPS) is 13.0. The highest BCUT2D eigenvalue weighted by Gasteiger charge is 2.28. The third kappa shape index (κ3) is 6.66. The second-order valence-electron chi connectivity index (χ2n) is 4.87. The fourth-order valence-corrected chi connectivity index (χ4v) is 1.89. The quantitative estimate of drug-likeness (QED) is 0.647. The average Bonchev–Trinajstić information content (AvgIpc) is 2.53. The van der Waals surface area contributed by atoms with E-state index >= 15 is 0 Å². The number of aliphatic hydroxyl groups is 1. The molecule has 1 rings (SSSR count). The zero-order valence-corrected chi connectivity index (χ0v) is 13.6. The van der Waals surface area contributed by atoms with Crippen molar-refractivity contribution in [1.82, 2.24) is 5.32 Å². The summed E-state index contributed by atoms with van der Waals surface area (Å²) in [6, 6.07) is 6.42. The highest BCUT2D eigenvalue weighted by Crippen LogP contribution is 2.12. The molecule has 2 atom stereocenters. The molecule has 7 nitrogen and oxygen atoms in total. The van der Waals surface area contributed by atoms with E-state index in [1.54, 1.807) is 26.2 Å². The van der Waals surface area contributed by atoms with Gasteiger partial charge in [0.05, 0.1) is 33.0 Å². The van der Waals surface area contributed by atoms with Crippen LogP contribution in [0.15, 0.2) is 24.3 Å². The number of hydrogen-bond donors (Lipinski definition) is 2. The molecule has 0 saturated heterocycles. The molecule has 2 N–H and O–H groups in total. The second kappa shape index (κ2) is 9.81. The van der Waals surface area contributed by atoms with Gasteiger partial charge in [-0.25, -0.2) is 4.79 Å². The second-order valence-corrected chi connectivity index (χ2v) is 4.87. The maximum Gasteiger partial charge on any atom is 0.337 e. The fraction of sp³-hybridized carbons (Fsp3) is 0.500. The summed E-state index contributed by atoms with van der Waals surface area (Å²) in [6.45, 7) is 3.34. The minimum Gasteiger partial charge on any atom is -0.497 e. The van der Waals surface area contributed by atoms with E-state index in [-0.39, 0.29) is 25.7 Å². The third-order valence-corrected chi connectivity index (χ3v) is 3.02. The van der Waals surface area contributed by atoms with E-state index in [0.29, 0.717) is 0 Å². The first-order chi connectivity index (χ1) is 11.0. The van der Waals surface area contributed by atoms with Gasteiger partial charge < -0.3 is 24.6 Å². The van der Waals surface area contributed by atoms with E-state index < -0.39 is 18.1 Å². The molecule has 23 heavy (non-hydrogen) atoms. The van der Waals surface area contributed by atoms with Crippen LogP contribution in [0.25, 0.3) is 0 Å². The lowest BCUT2D eigenvalue weighted by molar-refractivity contribution is -0.156. The van der Waals surface area contributed by atoms with Crippen LogP contribution in [0.4, 0.5) is 0 Å². The molecule has 1 amide bonds. The van der Waals surface area contributed by atoms with E-state index in [4.69, 9.17) is 14.2 Å². The molecule has 0 unspecified atom stereocenters. The van der Waals surface area contributed by atoms with Crippen LogP contribution in [0.5, 0.6) is 5.75 Å². The van der Waals surface area contributed by atoms with Gasteiger partial charge in [-0.3, -0.25) is 4.79 Å². The number of aliphatic hydroxyl groups excluding tert-OH is 1. The standard InChI is InChI=1S/C16H23NO6/c1-4-23-16(20)15(19)14(17-11(2)18)10-22-9-12-5-7-13(21-3)8-6-12/h5-8,14-15,19H,4,9-10H2,1-3H3,(H,17,18)/t14-,15+/m1/s1. The largest absolute Gasteiger partial charge is 0.497 e. The number of carbonyl (C=O) groups excluding carboxylic acids is 2. The van der Waals surface area contributed by atoms with Crippen LogP contribution in [0.2, 0.25) is 0 Å². The van der Waals surface area contributed by atoms with Crippen LogP contribution in [0, 0.1) is 0 Å². The Kier molecular flexibility index (Phi) is 8.07. The van der Waals surface area contributed by atoms with Crippen molar-refractivity contribution in [2.45, 2.75) is 32.6 Å². The fourth-order valence-electron chi connectivity index (χ4n) is 1.89. The lowest BCUT2D eigenvalue weighted by Crippen LogP contribution is -2.49. The first-order valence-electron chi connectivity index (χ1n) is 7.30. The molecule has 0 aliphatic heterocycles. The molecular weight excluding hydrogens is 302 g/mol. The van der Waals surface area contributed by atoms with Crippen LogP contribution in [-0.2, 0) is 25.7 Å². The smallest absolute Gasteiger partial charge is 0.337 e. The van der Waals surface area contributed by atoms with Crippen LogP contribution in [0.3, 0.4) is 0 Å². The van der Waals surface area contributed by atoms with E-state index in [9.17, 15) is 14.7 Å². The predicted octanol–water partition coefficient (Wildman–Crippen LogP) is 0.640. The maximum absolute atomic E-state index is 11.6. The molecule has 0 spiro atoms. The Bertz CT molecular complexity index is 502. The minimum atomic E-state index is -1.48. The Morgan fingerprint density at radius 1 is 1.26 bits per heavy atom. The van der Waals surface area contributed by atoms with E-state index in [0.717, 1.165) is 11.3 Å². The number of hydrogen-bond acceptors (Lipinski definition) is 6. The third-order valence-electron chi connectivity index (χ3n) is 3.02. The van der Waals surface area contributed by atoms with Crippen LogP contribution < -0.4 is 10.1 Å². The summed E-state index contributed by atoms with van der Waals surface area (Å²) in [5.74, 6) is -0.423. The van der Waals surface area contributed by atoms with Gasteiger partial charge in [0, 0.05) is 6.92 Å². The number of carbonyl (C=O) groups is 2. The molecule has 0 saturated carbocycles. The summed E-state index contributed by atoms with van der Waals surface area (Å²) in [4.78, 5) is 22.8. The Morgan fingerprint density at radius 3 is 2.43 bits per heavy atom. The molecule has 1 aromatic carbocycles. The molecule has 0 bridgehead atoms. The van der Waals surface area contributed by atoms with Crippen molar-refractivity contribution >= 4 is 11.9 Å². The number of nitrogens with one attached hydrogen (secondary N) is 1. The first kappa shape index (κ1) is 18.9. The van der Waals surface area contributed by atoms with Gasteiger partial charge in [-0.15, -0.1) is 0 Å². The number of esters is 1. The Labute approximate surface area is 135 Å². The van der Waals surface area contributed by atoms with Crippen molar-refractivity contribution in [2.75, 3.05) is 20.3 Å². The molecule has 128 valence electrons. The number of amides is 1. The molecule has 0 heterocycles. The average molecular weight is 325 g/mol. The first-order valence-corrected chi connectivity index (χ1v) is 7.30. The Hall–Kier alpha value is -2.12. The monoisotopic (exact) mass is 325 g/mol. The zero-order chi connectivity index (χ0) is 17.2. The molecule has 0 aliphatic rings. The van der Waals surface area contributed by atoms with Crippen molar-refractivity contribution in [3.8, 4) is 5.75 Å². The number of rotatable bonds is 9. The van der Waals surface area contributed by atoms with Crippen molar-refractivity contribution in [3.05, 3.63) is 29.8 Å². The molecule has 0 aliphatic carbocycles. The van der Waals surface area contributed by atoms with Gasteiger partial charge in [0.2, 0.25) is 5.91 Å². The SMILES string of the molecule is CCOC(=O)[C@@H](O)[C@@H](COCc1ccc(OC)cc1)NC(C)=O. The minimum absolute atomic E-state index is 0.0222. The van der Waals surface area contributed by atoms with Crippen LogP contribution in [-0.4, -0.2) is 49.5 Å². The molecule has 0 radical (unpaired) electrons. The maximum atomic E-state index is 11.6. The summed E-state index contributed by atoms with van der Waals surface area (Å²) < 4.78 is 15.3. The topological polar surface area (TPSA) is 94.1 Å². The Balaban J connectivity index is 2.55. The molecule has 0 fully saturated rings. The summed E-state index contributed by atoms with van der Waals surface area (Å²) in [5, 5.41) is 12.4. The van der Waals surface area contributed by atoms with Gasteiger partial charge in [0.15, 0.2) is 6.10 Å². The van der Waals surface area contributed by atoms with E-state index in [1.165, 1.54) is 6.92 Å². The lowest BCUT2D eigenvalue weighted by Gasteiger charge is -2.22. The summed E-state index contributed by atoms with van der Waals surface area (Å²) in [6.07, 6.45) is -1.48. The lowest BCUT2D eigenvalue weighted by atomic mass is 10.1. The predicted molar refractivity (Wildman–Crippen MR) is 82.9 cm³/mol. The highest BCUT2D eigenvalue weighted by molar-refractivity contribution is 5.78.